The zero-order valence-electron chi connectivity index (χ0n) is 11.8. The Labute approximate surface area is 107 Å². The normalized spacial score (nSPS) is 35.3. The third-order valence-corrected chi connectivity index (χ3v) is 4.89. The van der Waals surface area contributed by atoms with E-state index in [1.165, 1.54) is 64.7 Å². The van der Waals surface area contributed by atoms with Crippen LogP contribution >= 0.6 is 0 Å². The Balaban J connectivity index is 1.59. The van der Waals surface area contributed by atoms with E-state index in [4.69, 9.17) is 0 Å². The topological polar surface area (TPSA) is 15.3 Å². The summed E-state index contributed by atoms with van der Waals surface area (Å²) in [5.41, 5.74) is 0. The van der Waals surface area contributed by atoms with Gasteiger partial charge in [-0.15, -0.1) is 0 Å². The highest BCUT2D eigenvalue weighted by atomic mass is 15.2. The molecule has 1 saturated carbocycles. The minimum absolute atomic E-state index is 0.799. The van der Waals surface area contributed by atoms with Gasteiger partial charge in [-0.1, -0.05) is 33.1 Å². The molecule has 0 spiro atoms. The van der Waals surface area contributed by atoms with Crippen LogP contribution in [0.4, 0.5) is 0 Å². The molecule has 1 aliphatic heterocycles. The van der Waals surface area contributed by atoms with Crippen molar-refractivity contribution in [1.29, 1.82) is 0 Å². The van der Waals surface area contributed by atoms with E-state index in [-0.39, 0.29) is 0 Å². The monoisotopic (exact) mass is 238 g/mol. The molecule has 2 heteroatoms. The summed E-state index contributed by atoms with van der Waals surface area (Å²) in [4.78, 5) is 2.65. The van der Waals surface area contributed by atoms with Gasteiger partial charge in [0.2, 0.25) is 0 Å². The standard InChI is InChI=1S/C15H30N2/c1-3-14-8-10-17(12-14)11-9-16-15-7-5-4-6-13(15)2/h13-16H,3-12H2,1-2H3. The minimum Gasteiger partial charge on any atom is -0.312 e. The lowest BCUT2D eigenvalue weighted by Crippen LogP contribution is -2.41. The van der Waals surface area contributed by atoms with E-state index in [0.717, 1.165) is 17.9 Å². The van der Waals surface area contributed by atoms with Gasteiger partial charge >= 0.3 is 0 Å². The van der Waals surface area contributed by atoms with Crippen molar-refractivity contribution in [1.82, 2.24) is 10.2 Å². The molecular weight excluding hydrogens is 208 g/mol. The van der Waals surface area contributed by atoms with Gasteiger partial charge in [-0.25, -0.2) is 0 Å². The quantitative estimate of drug-likeness (QED) is 0.792. The molecule has 0 amide bonds. The van der Waals surface area contributed by atoms with Gasteiger partial charge in [0.1, 0.15) is 0 Å². The number of nitrogens with one attached hydrogen (secondary N) is 1. The highest BCUT2D eigenvalue weighted by Crippen LogP contribution is 2.23. The summed E-state index contributed by atoms with van der Waals surface area (Å²) >= 11 is 0. The Morgan fingerprint density at radius 1 is 1.18 bits per heavy atom. The molecule has 0 bridgehead atoms. The summed E-state index contributed by atoms with van der Waals surface area (Å²) in [6, 6.07) is 0.799. The van der Waals surface area contributed by atoms with Crippen LogP contribution in [0.1, 0.15) is 52.4 Å². The average Bonchev–Trinajstić information content (AvgIpc) is 2.80. The van der Waals surface area contributed by atoms with E-state index < -0.39 is 0 Å². The van der Waals surface area contributed by atoms with Crippen LogP contribution in [0, 0.1) is 11.8 Å². The van der Waals surface area contributed by atoms with Gasteiger partial charge in [-0.05, 0) is 37.6 Å². The number of likely N-dealkylation sites (tertiary alicyclic amines) is 1. The van der Waals surface area contributed by atoms with E-state index in [1.54, 1.807) is 0 Å². The first-order valence-corrected chi connectivity index (χ1v) is 7.75. The molecule has 1 aliphatic carbocycles. The van der Waals surface area contributed by atoms with Gasteiger partial charge in [0.05, 0.1) is 0 Å². The highest BCUT2D eigenvalue weighted by molar-refractivity contribution is 4.80. The van der Waals surface area contributed by atoms with E-state index in [9.17, 15) is 0 Å². The van der Waals surface area contributed by atoms with Gasteiger partial charge in [0, 0.05) is 25.7 Å². The Bertz CT molecular complexity index is 217. The second-order valence-corrected chi connectivity index (χ2v) is 6.19. The first-order chi connectivity index (χ1) is 8.29. The SMILES string of the molecule is CCC1CCN(CCNC2CCCCC2C)C1. The molecule has 100 valence electrons. The van der Waals surface area contributed by atoms with Gasteiger partial charge in [-0.2, -0.15) is 0 Å². The Morgan fingerprint density at radius 3 is 2.71 bits per heavy atom. The molecule has 1 heterocycles. The summed E-state index contributed by atoms with van der Waals surface area (Å²) in [5.74, 6) is 1.87. The molecule has 17 heavy (non-hydrogen) atoms. The van der Waals surface area contributed by atoms with Crippen LogP contribution in [0.2, 0.25) is 0 Å². The highest BCUT2D eigenvalue weighted by Gasteiger charge is 2.22. The Hall–Kier alpha value is -0.0800. The molecule has 1 N–H and O–H groups in total. The maximum atomic E-state index is 3.79. The molecule has 2 aliphatic rings. The van der Waals surface area contributed by atoms with Crippen LogP contribution in [-0.2, 0) is 0 Å². The maximum Gasteiger partial charge on any atom is 0.0107 e. The van der Waals surface area contributed by atoms with Crippen molar-refractivity contribution in [3.63, 3.8) is 0 Å². The summed E-state index contributed by atoms with van der Waals surface area (Å²) in [6.45, 7) is 9.89. The molecule has 0 aromatic carbocycles. The molecular formula is C15H30N2. The molecule has 2 nitrogen and oxygen atoms in total. The van der Waals surface area contributed by atoms with Crippen molar-refractivity contribution in [3.05, 3.63) is 0 Å². The molecule has 1 saturated heterocycles. The second kappa shape index (κ2) is 6.75. The zero-order valence-corrected chi connectivity index (χ0v) is 11.8. The van der Waals surface area contributed by atoms with Crippen molar-refractivity contribution in [2.75, 3.05) is 26.2 Å². The van der Waals surface area contributed by atoms with Crippen LogP contribution in [0.3, 0.4) is 0 Å². The third kappa shape index (κ3) is 3.96. The van der Waals surface area contributed by atoms with E-state index in [0.29, 0.717) is 0 Å². The van der Waals surface area contributed by atoms with E-state index in [1.807, 2.05) is 0 Å². The molecule has 2 rings (SSSR count). The van der Waals surface area contributed by atoms with E-state index >= 15 is 0 Å². The van der Waals surface area contributed by atoms with E-state index in [2.05, 4.69) is 24.1 Å². The number of nitrogens with zero attached hydrogens (tertiary/aromatic N) is 1. The van der Waals surface area contributed by atoms with Crippen LogP contribution < -0.4 is 5.32 Å². The lowest BCUT2D eigenvalue weighted by Gasteiger charge is -2.30. The summed E-state index contributed by atoms with van der Waals surface area (Å²) in [6.07, 6.45) is 8.51. The van der Waals surface area contributed by atoms with Crippen LogP contribution in [0.15, 0.2) is 0 Å². The minimum atomic E-state index is 0.799. The van der Waals surface area contributed by atoms with Gasteiger partial charge in [-0.3, -0.25) is 0 Å². The average molecular weight is 238 g/mol. The van der Waals surface area contributed by atoms with Gasteiger partial charge in [0.15, 0.2) is 0 Å². The van der Waals surface area contributed by atoms with Gasteiger partial charge in [0.25, 0.3) is 0 Å². The first kappa shape index (κ1) is 13.4. The fraction of sp³-hybridized carbons (Fsp3) is 1.00. The summed E-state index contributed by atoms with van der Waals surface area (Å²) in [5, 5.41) is 3.79. The third-order valence-electron chi connectivity index (χ3n) is 4.89. The molecule has 0 aromatic heterocycles. The molecule has 0 aromatic rings. The van der Waals surface area contributed by atoms with Crippen LogP contribution in [0.25, 0.3) is 0 Å². The largest absolute Gasteiger partial charge is 0.312 e. The van der Waals surface area contributed by atoms with Crippen molar-refractivity contribution >= 4 is 0 Å². The smallest absolute Gasteiger partial charge is 0.0107 e. The Morgan fingerprint density at radius 2 is 2.00 bits per heavy atom. The lowest BCUT2D eigenvalue weighted by atomic mass is 9.86. The number of hydrogen-bond acceptors (Lipinski definition) is 2. The first-order valence-electron chi connectivity index (χ1n) is 7.75. The maximum absolute atomic E-state index is 3.79. The molecule has 3 unspecified atom stereocenters. The zero-order chi connectivity index (χ0) is 12.1. The van der Waals surface area contributed by atoms with Crippen molar-refractivity contribution < 1.29 is 0 Å². The summed E-state index contributed by atoms with van der Waals surface area (Å²) in [7, 11) is 0. The second-order valence-electron chi connectivity index (χ2n) is 6.19. The predicted molar refractivity (Wildman–Crippen MR) is 74.3 cm³/mol. The van der Waals surface area contributed by atoms with Crippen molar-refractivity contribution in [2.45, 2.75) is 58.4 Å². The summed E-state index contributed by atoms with van der Waals surface area (Å²) < 4.78 is 0. The van der Waals surface area contributed by atoms with Gasteiger partial charge < -0.3 is 10.2 Å². The van der Waals surface area contributed by atoms with Crippen LogP contribution in [0.5, 0.6) is 0 Å². The lowest BCUT2D eigenvalue weighted by molar-refractivity contribution is 0.258. The number of rotatable bonds is 5. The molecule has 0 radical (unpaired) electrons. The Kier molecular flexibility index (Phi) is 5.30. The fourth-order valence-electron chi connectivity index (χ4n) is 3.48. The molecule has 2 fully saturated rings. The fourth-order valence-corrected chi connectivity index (χ4v) is 3.48. The van der Waals surface area contributed by atoms with Crippen molar-refractivity contribution in [3.8, 4) is 0 Å². The van der Waals surface area contributed by atoms with Crippen LogP contribution in [-0.4, -0.2) is 37.1 Å². The number of hydrogen-bond donors (Lipinski definition) is 1. The molecule has 3 atom stereocenters. The van der Waals surface area contributed by atoms with Crippen molar-refractivity contribution in [2.24, 2.45) is 11.8 Å². The predicted octanol–water partition coefficient (Wildman–Crippen LogP) is 2.89.